The number of nitrogens with one attached hydrogen (secondary N) is 1. The largest absolute Gasteiger partial charge is 0.490 e. The van der Waals surface area contributed by atoms with Gasteiger partial charge in [0.1, 0.15) is 6.61 Å². The molecule has 1 amide bonds. The van der Waals surface area contributed by atoms with Crippen molar-refractivity contribution < 1.29 is 24.1 Å². The van der Waals surface area contributed by atoms with E-state index in [1.165, 1.54) is 5.56 Å². The maximum absolute atomic E-state index is 11.3. The third-order valence-electron chi connectivity index (χ3n) is 7.41. The van der Waals surface area contributed by atoms with Crippen molar-refractivity contribution in [3.8, 4) is 11.5 Å². The molecule has 3 aliphatic rings. The molecule has 3 fully saturated rings. The molecule has 202 valence electrons. The van der Waals surface area contributed by atoms with Gasteiger partial charge in [0.15, 0.2) is 11.5 Å². The zero-order valence-corrected chi connectivity index (χ0v) is 22.0. The average Bonchev–Trinajstić information content (AvgIpc) is 3.22. The SMILES string of the molecule is CCOc1cc(CN2CCC(O)(CN3CCC(NC(C)=O)CC3)C2)ccc1OCCN1CCOCC1. The molecule has 1 unspecified atom stereocenters. The molecule has 0 saturated carbocycles. The fraction of sp³-hybridized carbons (Fsp3) is 0.741. The Morgan fingerprint density at radius 2 is 1.86 bits per heavy atom. The second-order valence-electron chi connectivity index (χ2n) is 10.5. The number of morpholine rings is 1. The lowest BCUT2D eigenvalue weighted by atomic mass is 9.99. The highest BCUT2D eigenvalue weighted by Gasteiger charge is 2.38. The van der Waals surface area contributed by atoms with Crippen molar-refractivity contribution in [2.75, 3.05) is 78.8 Å². The van der Waals surface area contributed by atoms with Gasteiger partial charge in [0, 0.05) is 71.9 Å². The van der Waals surface area contributed by atoms with Crippen molar-refractivity contribution in [3.05, 3.63) is 23.8 Å². The minimum atomic E-state index is -0.688. The number of likely N-dealkylation sites (tertiary alicyclic amines) is 2. The van der Waals surface area contributed by atoms with Crippen LogP contribution in [0.25, 0.3) is 0 Å². The number of rotatable bonds is 11. The molecule has 0 spiro atoms. The van der Waals surface area contributed by atoms with E-state index in [4.69, 9.17) is 14.2 Å². The van der Waals surface area contributed by atoms with Crippen LogP contribution in [0.1, 0.15) is 38.7 Å². The molecule has 3 aliphatic heterocycles. The van der Waals surface area contributed by atoms with Gasteiger partial charge in [-0.15, -0.1) is 0 Å². The maximum atomic E-state index is 11.3. The van der Waals surface area contributed by atoms with E-state index in [0.717, 1.165) is 89.8 Å². The molecule has 9 heteroatoms. The summed E-state index contributed by atoms with van der Waals surface area (Å²) in [5.74, 6) is 1.61. The van der Waals surface area contributed by atoms with Gasteiger partial charge in [0.2, 0.25) is 5.91 Å². The van der Waals surface area contributed by atoms with Crippen molar-refractivity contribution in [1.29, 1.82) is 0 Å². The number of benzene rings is 1. The quantitative estimate of drug-likeness (QED) is 0.467. The van der Waals surface area contributed by atoms with Crippen LogP contribution >= 0.6 is 0 Å². The Bertz CT molecular complexity index is 841. The molecule has 3 heterocycles. The molecule has 1 aromatic rings. The second-order valence-corrected chi connectivity index (χ2v) is 10.5. The summed E-state index contributed by atoms with van der Waals surface area (Å²) in [5.41, 5.74) is 0.478. The van der Waals surface area contributed by atoms with Gasteiger partial charge in [0.25, 0.3) is 0 Å². The zero-order chi connectivity index (χ0) is 25.4. The molecular weight excluding hydrogens is 460 g/mol. The topological polar surface area (TPSA) is 86.7 Å². The van der Waals surface area contributed by atoms with Gasteiger partial charge >= 0.3 is 0 Å². The third kappa shape index (κ3) is 8.05. The highest BCUT2D eigenvalue weighted by molar-refractivity contribution is 5.73. The lowest BCUT2D eigenvalue weighted by Gasteiger charge is -2.36. The summed E-state index contributed by atoms with van der Waals surface area (Å²) in [4.78, 5) is 18.3. The molecule has 36 heavy (non-hydrogen) atoms. The van der Waals surface area contributed by atoms with Crippen LogP contribution in [0.4, 0.5) is 0 Å². The van der Waals surface area contributed by atoms with Crippen LogP contribution in [0.15, 0.2) is 18.2 Å². The minimum Gasteiger partial charge on any atom is -0.490 e. The number of β-amino-alcohol motifs (C(OH)–C–C–N with tert-alkyl or cyclic N) is 1. The number of piperidine rings is 1. The van der Waals surface area contributed by atoms with E-state index in [0.29, 0.717) is 26.3 Å². The normalized spacial score (nSPS) is 24.6. The molecular formula is C27H44N4O5. The molecule has 1 aromatic carbocycles. The summed E-state index contributed by atoms with van der Waals surface area (Å²) >= 11 is 0. The van der Waals surface area contributed by atoms with Crippen molar-refractivity contribution >= 4 is 5.91 Å². The number of amides is 1. The van der Waals surface area contributed by atoms with Gasteiger partial charge in [-0.1, -0.05) is 6.07 Å². The zero-order valence-electron chi connectivity index (χ0n) is 22.0. The van der Waals surface area contributed by atoms with Gasteiger partial charge in [-0.05, 0) is 43.9 Å². The summed E-state index contributed by atoms with van der Waals surface area (Å²) in [7, 11) is 0. The molecule has 9 nitrogen and oxygen atoms in total. The number of carbonyl (C=O) groups is 1. The number of hydrogen-bond donors (Lipinski definition) is 2. The fourth-order valence-corrected chi connectivity index (χ4v) is 5.55. The number of ether oxygens (including phenoxy) is 3. The highest BCUT2D eigenvalue weighted by Crippen LogP contribution is 2.31. The third-order valence-corrected chi connectivity index (χ3v) is 7.41. The van der Waals surface area contributed by atoms with E-state index in [1.807, 2.05) is 13.0 Å². The Kier molecular flexibility index (Phi) is 9.84. The van der Waals surface area contributed by atoms with Gasteiger partial charge < -0.3 is 29.5 Å². The van der Waals surface area contributed by atoms with Gasteiger partial charge in [-0.2, -0.15) is 0 Å². The van der Waals surface area contributed by atoms with Gasteiger partial charge in [0.05, 0.1) is 25.4 Å². The Labute approximate surface area is 215 Å². The van der Waals surface area contributed by atoms with Crippen LogP contribution in [0.3, 0.4) is 0 Å². The first-order valence-electron chi connectivity index (χ1n) is 13.6. The molecule has 4 rings (SSSR count). The van der Waals surface area contributed by atoms with Crippen molar-refractivity contribution in [2.24, 2.45) is 0 Å². The molecule has 3 saturated heterocycles. The minimum absolute atomic E-state index is 0.0404. The summed E-state index contributed by atoms with van der Waals surface area (Å²) in [6.45, 7) is 14.0. The van der Waals surface area contributed by atoms with Crippen LogP contribution in [-0.4, -0.2) is 116 Å². The van der Waals surface area contributed by atoms with Crippen LogP contribution in [0.5, 0.6) is 11.5 Å². The van der Waals surface area contributed by atoms with Gasteiger partial charge in [-0.25, -0.2) is 0 Å². The van der Waals surface area contributed by atoms with E-state index in [1.54, 1.807) is 6.92 Å². The lowest BCUT2D eigenvalue weighted by molar-refractivity contribution is -0.120. The maximum Gasteiger partial charge on any atom is 0.217 e. The van der Waals surface area contributed by atoms with E-state index in [9.17, 15) is 9.90 Å². The summed E-state index contributed by atoms with van der Waals surface area (Å²) in [6.07, 6.45) is 2.67. The van der Waals surface area contributed by atoms with Crippen LogP contribution in [0.2, 0.25) is 0 Å². The Hall–Kier alpha value is -1.91. The standard InChI is InChI=1S/C27H44N4O5/c1-3-35-26-18-23(4-5-25(26)36-17-14-29-12-15-34-16-13-29)19-31-11-8-27(33,21-31)20-30-9-6-24(7-10-30)28-22(2)32/h4-5,18,24,33H,3,6-17,19-21H2,1-2H3,(H,28,32). The van der Waals surface area contributed by atoms with Crippen LogP contribution < -0.4 is 14.8 Å². The van der Waals surface area contributed by atoms with Crippen molar-refractivity contribution in [1.82, 2.24) is 20.0 Å². The number of nitrogens with zero attached hydrogens (tertiary/aromatic N) is 3. The molecule has 2 N–H and O–H groups in total. The molecule has 0 radical (unpaired) electrons. The number of aliphatic hydroxyl groups is 1. The van der Waals surface area contributed by atoms with E-state index < -0.39 is 5.60 Å². The molecule has 0 aromatic heterocycles. The monoisotopic (exact) mass is 504 g/mol. The van der Waals surface area contributed by atoms with Gasteiger partial charge in [-0.3, -0.25) is 14.6 Å². The Morgan fingerprint density at radius 3 is 2.58 bits per heavy atom. The van der Waals surface area contributed by atoms with Crippen molar-refractivity contribution in [2.45, 2.75) is 51.3 Å². The Morgan fingerprint density at radius 1 is 1.08 bits per heavy atom. The summed E-state index contributed by atoms with van der Waals surface area (Å²) in [5, 5.41) is 14.3. The van der Waals surface area contributed by atoms with Crippen molar-refractivity contribution in [3.63, 3.8) is 0 Å². The molecule has 0 bridgehead atoms. The number of carbonyl (C=O) groups excluding carboxylic acids is 1. The van der Waals surface area contributed by atoms with E-state index >= 15 is 0 Å². The van der Waals surface area contributed by atoms with E-state index in [2.05, 4.69) is 32.1 Å². The first kappa shape index (κ1) is 27.1. The summed E-state index contributed by atoms with van der Waals surface area (Å²) in [6, 6.07) is 6.47. The fourth-order valence-electron chi connectivity index (χ4n) is 5.55. The average molecular weight is 505 g/mol. The predicted octanol–water partition coefficient (Wildman–Crippen LogP) is 1.33. The first-order chi connectivity index (χ1) is 17.4. The smallest absolute Gasteiger partial charge is 0.217 e. The first-order valence-corrected chi connectivity index (χ1v) is 13.6. The van der Waals surface area contributed by atoms with Crippen LogP contribution in [-0.2, 0) is 16.1 Å². The highest BCUT2D eigenvalue weighted by atomic mass is 16.5. The van der Waals surface area contributed by atoms with E-state index in [-0.39, 0.29) is 11.9 Å². The lowest BCUT2D eigenvalue weighted by Crippen LogP contribution is -2.50. The van der Waals surface area contributed by atoms with Crippen LogP contribution in [0, 0.1) is 0 Å². The second kappa shape index (κ2) is 13.1. The Balaban J connectivity index is 1.25. The predicted molar refractivity (Wildman–Crippen MR) is 138 cm³/mol. The summed E-state index contributed by atoms with van der Waals surface area (Å²) < 4.78 is 17.4. The molecule has 1 atom stereocenters. The number of hydrogen-bond acceptors (Lipinski definition) is 8. The molecule has 0 aliphatic carbocycles.